The highest BCUT2D eigenvalue weighted by molar-refractivity contribution is 6.35. The molecule has 0 heterocycles. The third-order valence-corrected chi connectivity index (χ3v) is 3.65. The van der Waals surface area contributed by atoms with Crippen LogP contribution in [-0.2, 0) is 6.42 Å². The molecule has 0 fully saturated rings. The van der Waals surface area contributed by atoms with E-state index in [-0.39, 0.29) is 11.9 Å². The lowest BCUT2D eigenvalue weighted by Gasteiger charge is -2.17. The van der Waals surface area contributed by atoms with Crippen LogP contribution in [0.15, 0.2) is 42.5 Å². The van der Waals surface area contributed by atoms with Gasteiger partial charge in [-0.1, -0.05) is 41.4 Å². The van der Waals surface area contributed by atoms with Crippen molar-refractivity contribution in [3.05, 3.63) is 69.5 Å². The molecule has 0 radical (unpaired) electrons. The number of rotatable bonds is 4. The Bertz CT molecular complexity index is 555. The van der Waals surface area contributed by atoms with E-state index < -0.39 is 0 Å². The lowest BCUT2D eigenvalue weighted by Crippen LogP contribution is -2.19. The zero-order valence-corrected chi connectivity index (χ0v) is 12.0. The van der Waals surface area contributed by atoms with Crippen LogP contribution >= 0.6 is 23.2 Å². The molecular weight excluding hydrogens is 284 g/mol. The Morgan fingerprint density at radius 2 is 1.79 bits per heavy atom. The SMILES string of the molecule is CNC(Cc1ccc(Cl)cc1Cl)c1ccc(F)cc1. The predicted molar refractivity (Wildman–Crippen MR) is 78.4 cm³/mol. The molecule has 1 nitrogen and oxygen atoms in total. The number of hydrogen-bond donors (Lipinski definition) is 1. The fraction of sp³-hybridized carbons (Fsp3) is 0.200. The molecule has 19 heavy (non-hydrogen) atoms. The van der Waals surface area contributed by atoms with Crippen LogP contribution in [0.5, 0.6) is 0 Å². The molecule has 2 aromatic rings. The van der Waals surface area contributed by atoms with Gasteiger partial charge in [0.05, 0.1) is 0 Å². The van der Waals surface area contributed by atoms with Gasteiger partial charge in [-0.15, -0.1) is 0 Å². The van der Waals surface area contributed by atoms with Crippen LogP contribution in [0.2, 0.25) is 10.0 Å². The average Bonchev–Trinajstić information content (AvgIpc) is 2.39. The first kappa shape index (κ1) is 14.3. The normalized spacial score (nSPS) is 12.4. The summed E-state index contributed by atoms with van der Waals surface area (Å²) in [6.07, 6.45) is 0.720. The monoisotopic (exact) mass is 297 g/mol. The Hall–Kier alpha value is -1.09. The Balaban J connectivity index is 2.21. The Kier molecular flexibility index (Phi) is 4.81. The largest absolute Gasteiger partial charge is 0.313 e. The van der Waals surface area contributed by atoms with Crippen molar-refractivity contribution >= 4 is 23.2 Å². The van der Waals surface area contributed by atoms with Crippen molar-refractivity contribution in [1.82, 2.24) is 5.32 Å². The van der Waals surface area contributed by atoms with E-state index in [9.17, 15) is 4.39 Å². The number of nitrogens with one attached hydrogen (secondary N) is 1. The lowest BCUT2D eigenvalue weighted by molar-refractivity contribution is 0.586. The minimum atomic E-state index is -0.233. The summed E-state index contributed by atoms with van der Waals surface area (Å²) in [6.45, 7) is 0. The predicted octanol–water partition coefficient (Wildman–Crippen LogP) is 4.64. The maximum Gasteiger partial charge on any atom is 0.123 e. The first-order valence-electron chi connectivity index (χ1n) is 5.97. The summed E-state index contributed by atoms with van der Waals surface area (Å²) < 4.78 is 12.9. The quantitative estimate of drug-likeness (QED) is 0.867. The summed E-state index contributed by atoms with van der Waals surface area (Å²) in [4.78, 5) is 0. The van der Waals surface area contributed by atoms with Gasteiger partial charge in [0, 0.05) is 16.1 Å². The van der Waals surface area contributed by atoms with Crippen LogP contribution in [0.4, 0.5) is 4.39 Å². The summed E-state index contributed by atoms with van der Waals surface area (Å²) in [5, 5.41) is 4.48. The Morgan fingerprint density at radius 1 is 1.11 bits per heavy atom. The summed E-state index contributed by atoms with van der Waals surface area (Å²) in [6, 6.07) is 12.0. The van der Waals surface area contributed by atoms with Crippen LogP contribution in [-0.4, -0.2) is 7.05 Å². The molecule has 0 saturated carbocycles. The second-order valence-corrected chi connectivity index (χ2v) is 5.18. The van der Waals surface area contributed by atoms with Crippen molar-refractivity contribution in [3.63, 3.8) is 0 Å². The summed E-state index contributed by atoms with van der Waals surface area (Å²) in [5.74, 6) is -0.233. The molecule has 0 aromatic heterocycles. The van der Waals surface area contributed by atoms with E-state index in [0.29, 0.717) is 10.0 Å². The zero-order valence-electron chi connectivity index (χ0n) is 10.5. The van der Waals surface area contributed by atoms with Gasteiger partial charge in [0.1, 0.15) is 5.82 Å². The first-order valence-corrected chi connectivity index (χ1v) is 6.72. The minimum Gasteiger partial charge on any atom is -0.313 e. The third-order valence-electron chi connectivity index (χ3n) is 3.06. The van der Waals surface area contributed by atoms with Crippen LogP contribution < -0.4 is 5.32 Å². The molecule has 0 bridgehead atoms. The van der Waals surface area contributed by atoms with Gasteiger partial charge in [-0.3, -0.25) is 0 Å². The Morgan fingerprint density at radius 3 is 2.37 bits per heavy atom. The standard InChI is InChI=1S/C15H14Cl2FN/c1-19-15(10-3-6-13(18)7-4-10)8-11-2-5-12(16)9-14(11)17/h2-7,9,15,19H,8H2,1H3. The van der Waals surface area contributed by atoms with Gasteiger partial charge in [-0.2, -0.15) is 0 Å². The van der Waals surface area contributed by atoms with Crippen molar-refractivity contribution in [2.24, 2.45) is 0 Å². The summed E-state index contributed by atoms with van der Waals surface area (Å²) >= 11 is 12.1. The van der Waals surface area contributed by atoms with Crippen molar-refractivity contribution in [2.75, 3.05) is 7.05 Å². The van der Waals surface area contributed by atoms with Crippen molar-refractivity contribution in [3.8, 4) is 0 Å². The van der Waals surface area contributed by atoms with Crippen LogP contribution in [0.3, 0.4) is 0 Å². The highest BCUT2D eigenvalue weighted by Gasteiger charge is 2.12. The molecule has 2 rings (SSSR count). The summed E-state index contributed by atoms with van der Waals surface area (Å²) in [7, 11) is 1.87. The van der Waals surface area contributed by atoms with Crippen LogP contribution in [0.1, 0.15) is 17.2 Å². The second-order valence-electron chi connectivity index (χ2n) is 4.33. The molecule has 0 amide bonds. The van der Waals surface area contributed by atoms with E-state index >= 15 is 0 Å². The van der Waals surface area contributed by atoms with Crippen LogP contribution in [0.25, 0.3) is 0 Å². The van der Waals surface area contributed by atoms with Crippen molar-refractivity contribution in [2.45, 2.75) is 12.5 Å². The van der Waals surface area contributed by atoms with Gasteiger partial charge in [0.25, 0.3) is 0 Å². The third kappa shape index (κ3) is 3.69. The van der Waals surface area contributed by atoms with Gasteiger partial charge >= 0.3 is 0 Å². The fourth-order valence-electron chi connectivity index (χ4n) is 1.99. The van der Waals surface area contributed by atoms with Gasteiger partial charge in [0.15, 0.2) is 0 Å². The first-order chi connectivity index (χ1) is 9.10. The molecule has 1 atom stereocenters. The molecule has 0 spiro atoms. The highest BCUT2D eigenvalue weighted by atomic mass is 35.5. The van der Waals surface area contributed by atoms with Gasteiger partial charge in [-0.05, 0) is 48.9 Å². The van der Waals surface area contributed by atoms with E-state index in [1.807, 2.05) is 19.2 Å². The number of halogens is 3. The number of likely N-dealkylation sites (N-methyl/N-ethyl adjacent to an activating group) is 1. The summed E-state index contributed by atoms with van der Waals surface area (Å²) in [5.41, 5.74) is 2.03. The molecule has 1 N–H and O–H groups in total. The molecule has 0 aliphatic carbocycles. The van der Waals surface area contributed by atoms with E-state index in [1.165, 1.54) is 12.1 Å². The molecule has 4 heteroatoms. The van der Waals surface area contributed by atoms with Gasteiger partial charge in [-0.25, -0.2) is 4.39 Å². The molecule has 0 aliphatic rings. The van der Waals surface area contributed by atoms with E-state index in [2.05, 4.69) is 5.32 Å². The topological polar surface area (TPSA) is 12.0 Å². The van der Waals surface area contributed by atoms with E-state index in [1.54, 1.807) is 18.2 Å². The molecule has 100 valence electrons. The average molecular weight is 298 g/mol. The van der Waals surface area contributed by atoms with Crippen LogP contribution in [0, 0.1) is 5.82 Å². The highest BCUT2D eigenvalue weighted by Crippen LogP contribution is 2.26. The number of hydrogen-bond acceptors (Lipinski definition) is 1. The molecular formula is C15H14Cl2FN. The molecule has 1 unspecified atom stereocenters. The van der Waals surface area contributed by atoms with E-state index in [0.717, 1.165) is 17.5 Å². The van der Waals surface area contributed by atoms with Gasteiger partial charge < -0.3 is 5.32 Å². The van der Waals surface area contributed by atoms with Gasteiger partial charge in [0.2, 0.25) is 0 Å². The lowest BCUT2D eigenvalue weighted by atomic mass is 9.99. The fourth-order valence-corrected chi connectivity index (χ4v) is 2.47. The minimum absolute atomic E-state index is 0.0827. The zero-order chi connectivity index (χ0) is 13.8. The second kappa shape index (κ2) is 6.38. The van der Waals surface area contributed by atoms with Crippen molar-refractivity contribution in [1.29, 1.82) is 0 Å². The smallest absolute Gasteiger partial charge is 0.123 e. The molecule has 0 saturated heterocycles. The van der Waals surface area contributed by atoms with E-state index in [4.69, 9.17) is 23.2 Å². The molecule has 0 aliphatic heterocycles. The molecule has 2 aromatic carbocycles. The number of benzene rings is 2. The Labute approximate surface area is 122 Å². The maximum atomic E-state index is 12.9. The van der Waals surface area contributed by atoms with Crippen molar-refractivity contribution < 1.29 is 4.39 Å². The maximum absolute atomic E-state index is 12.9.